The van der Waals surface area contributed by atoms with Crippen LogP contribution in [0.15, 0.2) is 77.5 Å². The van der Waals surface area contributed by atoms with Gasteiger partial charge in [0.2, 0.25) is 0 Å². The van der Waals surface area contributed by atoms with Gasteiger partial charge < -0.3 is 20.5 Å². The number of urea groups is 1. The number of pyridine rings is 1. The van der Waals surface area contributed by atoms with Gasteiger partial charge in [-0.05, 0) is 30.9 Å². The van der Waals surface area contributed by atoms with Gasteiger partial charge in [0.15, 0.2) is 5.16 Å². The molecule has 9 heteroatoms. The average molecular weight is 435 g/mol. The van der Waals surface area contributed by atoms with Crippen molar-refractivity contribution >= 4 is 29.4 Å². The number of nitrogens with one attached hydrogen (secondary N) is 3. The van der Waals surface area contributed by atoms with Crippen LogP contribution in [-0.4, -0.2) is 32.7 Å². The van der Waals surface area contributed by atoms with Crippen molar-refractivity contribution in [2.45, 2.75) is 24.7 Å². The van der Waals surface area contributed by atoms with Crippen LogP contribution >= 0.6 is 11.8 Å². The summed E-state index contributed by atoms with van der Waals surface area (Å²) in [5.74, 6) is -0.318. The first kappa shape index (κ1) is 20.7. The lowest BCUT2D eigenvalue weighted by atomic mass is 9.99. The average Bonchev–Trinajstić information content (AvgIpc) is 3.17. The van der Waals surface area contributed by atoms with E-state index in [1.807, 2.05) is 41.2 Å². The number of imidazole rings is 1. The summed E-state index contributed by atoms with van der Waals surface area (Å²) in [6, 6.07) is 12.5. The van der Waals surface area contributed by atoms with Crippen molar-refractivity contribution in [2.75, 3.05) is 11.6 Å². The molecule has 2 aromatic heterocycles. The van der Waals surface area contributed by atoms with Crippen LogP contribution in [0, 0.1) is 0 Å². The SMILES string of the molecule is CSc1ncc(C2NC(=O)NC(C)=C2C(=O)Nc2cccnc2)n1Cc1ccccc1. The Balaban J connectivity index is 1.73. The van der Waals surface area contributed by atoms with Gasteiger partial charge in [-0.25, -0.2) is 9.78 Å². The summed E-state index contributed by atoms with van der Waals surface area (Å²) in [4.78, 5) is 34.0. The van der Waals surface area contributed by atoms with Crippen LogP contribution in [0.4, 0.5) is 10.5 Å². The molecule has 3 amide bonds. The van der Waals surface area contributed by atoms with Crippen LogP contribution in [0.5, 0.6) is 0 Å². The molecule has 3 N–H and O–H groups in total. The Morgan fingerprint density at radius 1 is 1.19 bits per heavy atom. The quantitative estimate of drug-likeness (QED) is 0.517. The number of hydrogen-bond acceptors (Lipinski definition) is 5. The van der Waals surface area contributed by atoms with E-state index in [0.29, 0.717) is 23.5 Å². The lowest BCUT2D eigenvalue weighted by molar-refractivity contribution is -0.113. The molecule has 0 bridgehead atoms. The Labute approximate surface area is 184 Å². The highest BCUT2D eigenvalue weighted by molar-refractivity contribution is 7.98. The third kappa shape index (κ3) is 4.46. The van der Waals surface area contributed by atoms with Gasteiger partial charge in [0, 0.05) is 18.4 Å². The van der Waals surface area contributed by atoms with Gasteiger partial charge in [0.25, 0.3) is 5.91 Å². The molecule has 0 spiro atoms. The number of nitrogens with zero attached hydrogens (tertiary/aromatic N) is 3. The van der Waals surface area contributed by atoms with E-state index in [0.717, 1.165) is 16.4 Å². The van der Waals surface area contributed by atoms with Gasteiger partial charge in [-0.2, -0.15) is 0 Å². The first-order valence-electron chi connectivity index (χ1n) is 9.70. The molecule has 1 aliphatic rings. The van der Waals surface area contributed by atoms with Gasteiger partial charge in [0.05, 0.1) is 29.3 Å². The minimum atomic E-state index is -0.650. The standard InChI is InChI=1S/C22H22N6O2S/c1-14-18(20(29)26-16-9-6-10-23-11-16)19(27-21(30)25-14)17-12-24-22(31-2)28(17)13-15-7-4-3-5-8-15/h3-12,19H,13H2,1-2H3,(H,26,29)(H2,25,27,30). The number of carbonyl (C=O) groups excluding carboxylic acids is 2. The van der Waals surface area contributed by atoms with Gasteiger partial charge in [-0.15, -0.1) is 0 Å². The summed E-state index contributed by atoms with van der Waals surface area (Å²) < 4.78 is 2.03. The molecular formula is C22H22N6O2S. The minimum absolute atomic E-state index is 0.318. The van der Waals surface area contributed by atoms with Crippen molar-refractivity contribution in [1.29, 1.82) is 0 Å². The van der Waals surface area contributed by atoms with Crippen LogP contribution in [-0.2, 0) is 11.3 Å². The zero-order valence-corrected chi connectivity index (χ0v) is 17.9. The van der Waals surface area contributed by atoms with E-state index in [4.69, 9.17) is 0 Å². The van der Waals surface area contributed by atoms with Crippen molar-refractivity contribution in [3.8, 4) is 0 Å². The maximum absolute atomic E-state index is 13.2. The third-order valence-corrected chi connectivity index (χ3v) is 5.64. The van der Waals surface area contributed by atoms with Gasteiger partial charge in [-0.3, -0.25) is 9.78 Å². The number of thioether (sulfide) groups is 1. The molecule has 0 saturated carbocycles. The maximum atomic E-state index is 13.2. The third-order valence-electron chi connectivity index (χ3n) is 4.94. The monoisotopic (exact) mass is 434 g/mol. The molecule has 31 heavy (non-hydrogen) atoms. The van der Waals surface area contributed by atoms with E-state index in [-0.39, 0.29) is 11.9 Å². The molecule has 8 nitrogen and oxygen atoms in total. The summed E-state index contributed by atoms with van der Waals surface area (Å²) in [5.41, 5.74) is 3.32. The number of amides is 3. The summed E-state index contributed by atoms with van der Waals surface area (Å²) in [5, 5.41) is 9.26. The Morgan fingerprint density at radius 3 is 2.71 bits per heavy atom. The Bertz CT molecular complexity index is 1130. The fraction of sp³-hybridized carbons (Fsp3) is 0.182. The second-order valence-corrected chi connectivity index (χ2v) is 7.78. The van der Waals surface area contributed by atoms with Crippen molar-refractivity contribution in [1.82, 2.24) is 25.2 Å². The molecule has 1 aromatic carbocycles. The molecule has 0 aliphatic carbocycles. The van der Waals surface area contributed by atoms with Crippen LogP contribution < -0.4 is 16.0 Å². The molecule has 0 saturated heterocycles. The topological polar surface area (TPSA) is 101 Å². The van der Waals surface area contributed by atoms with Crippen LogP contribution in [0.25, 0.3) is 0 Å². The first-order valence-corrected chi connectivity index (χ1v) is 10.9. The van der Waals surface area contributed by atoms with Crippen molar-refractivity contribution in [3.05, 3.63) is 83.6 Å². The zero-order valence-electron chi connectivity index (χ0n) is 17.1. The number of benzene rings is 1. The molecule has 158 valence electrons. The van der Waals surface area contributed by atoms with E-state index < -0.39 is 6.04 Å². The second-order valence-electron chi connectivity index (χ2n) is 7.01. The van der Waals surface area contributed by atoms with E-state index >= 15 is 0 Å². The normalized spacial score (nSPS) is 15.9. The molecule has 1 atom stereocenters. The number of carbonyl (C=O) groups is 2. The predicted octanol–water partition coefficient (Wildman–Crippen LogP) is 3.31. The second kappa shape index (κ2) is 9.05. The first-order chi connectivity index (χ1) is 15.1. The smallest absolute Gasteiger partial charge is 0.319 e. The maximum Gasteiger partial charge on any atom is 0.319 e. The number of allylic oxidation sites excluding steroid dienone is 1. The summed E-state index contributed by atoms with van der Waals surface area (Å²) in [6.45, 7) is 2.29. The van der Waals surface area contributed by atoms with Crippen molar-refractivity contribution in [3.63, 3.8) is 0 Å². The largest absolute Gasteiger partial charge is 0.325 e. The van der Waals surface area contributed by atoms with Crippen LogP contribution in [0.1, 0.15) is 24.2 Å². The Hall–Kier alpha value is -3.59. The zero-order chi connectivity index (χ0) is 21.8. The highest BCUT2D eigenvalue weighted by Gasteiger charge is 2.34. The molecule has 3 heterocycles. The molecule has 3 aromatic rings. The fourth-order valence-corrected chi connectivity index (χ4v) is 4.09. The summed E-state index contributed by atoms with van der Waals surface area (Å²) >= 11 is 1.51. The number of anilines is 1. The van der Waals surface area contributed by atoms with Crippen molar-refractivity contribution in [2.24, 2.45) is 0 Å². The lowest BCUT2D eigenvalue weighted by Gasteiger charge is -2.29. The highest BCUT2D eigenvalue weighted by Crippen LogP contribution is 2.30. The Kier molecular flexibility index (Phi) is 6.03. The molecular weight excluding hydrogens is 412 g/mol. The molecule has 1 aliphatic heterocycles. The Morgan fingerprint density at radius 2 is 2.00 bits per heavy atom. The summed E-state index contributed by atoms with van der Waals surface area (Å²) in [6.07, 6.45) is 6.88. The fourth-order valence-electron chi connectivity index (χ4n) is 3.54. The van der Waals surface area contributed by atoms with Crippen LogP contribution in [0.3, 0.4) is 0 Å². The number of hydrogen-bond donors (Lipinski definition) is 3. The van der Waals surface area contributed by atoms with Crippen LogP contribution in [0.2, 0.25) is 0 Å². The van der Waals surface area contributed by atoms with Gasteiger partial charge in [-0.1, -0.05) is 42.1 Å². The van der Waals surface area contributed by atoms with E-state index in [1.54, 1.807) is 37.6 Å². The molecule has 4 rings (SSSR count). The molecule has 0 fully saturated rings. The van der Waals surface area contributed by atoms with Gasteiger partial charge >= 0.3 is 6.03 Å². The molecule has 1 unspecified atom stereocenters. The number of rotatable bonds is 6. The minimum Gasteiger partial charge on any atom is -0.325 e. The van der Waals surface area contributed by atoms with E-state index in [9.17, 15) is 9.59 Å². The highest BCUT2D eigenvalue weighted by atomic mass is 32.2. The van der Waals surface area contributed by atoms with E-state index in [1.165, 1.54) is 11.8 Å². The molecule has 0 radical (unpaired) electrons. The lowest BCUT2D eigenvalue weighted by Crippen LogP contribution is -2.46. The number of aromatic nitrogens is 3. The van der Waals surface area contributed by atoms with E-state index in [2.05, 4.69) is 25.9 Å². The summed E-state index contributed by atoms with van der Waals surface area (Å²) in [7, 11) is 0. The van der Waals surface area contributed by atoms with Crippen molar-refractivity contribution < 1.29 is 9.59 Å². The predicted molar refractivity (Wildman–Crippen MR) is 120 cm³/mol. The van der Waals surface area contributed by atoms with Gasteiger partial charge in [0.1, 0.15) is 6.04 Å².